The quantitative estimate of drug-likeness (QED) is 0.666. The van der Waals surface area contributed by atoms with E-state index in [2.05, 4.69) is 10.3 Å². The van der Waals surface area contributed by atoms with Crippen LogP contribution in [0.4, 0.5) is 0 Å². The highest BCUT2D eigenvalue weighted by Crippen LogP contribution is 2.25. The molecule has 5 heteroatoms. The van der Waals surface area contributed by atoms with E-state index in [0.717, 1.165) is 24.0 Å². The normalized spacial score (nSPS) is 19.1. The Labute approximate surface area is 110 Å². The van der Waals surface area contributed by atoms with Gasteiger partial charge in [-0.05, 0) is 24.5 Å². The number of ether oxygens (including phenoxy) is 1. The molecule has 2 aliphatic rings. The molecule has 0 atom stereocenters. The van der Waals surface area contributed by atoms with Crippen molar-refractivity contribution in [2.45, 2.75) is 25.3 Å². The van der Waals surface area contributed by atoms with Crippen molar-refractivity contribution in [1.82, 2.24) is 10.3 Å². The zero-order valence-corrected chi connectivity index (χ0v) is 10.5. The lowest BCUT2D eigenvalue weighted by atomic mass is 10.1. The van der Waals surface area contributed by atoms with Crippen molar-refractivity contribution < 1.29 is 9.53 Å². The number of aromatic nitrogens is 1. The molecule has 0 unspecified atom stereocenters. The molecule has 3 rings (SSSR count). The molecule has 1 aliphatic carbocycles. The second kappa shape index (κ2) is 4.61. The van der Waals surface area contributed by atoms with Crippen LogP contribution in [0.1, 0.15) is 18.4 Å². The van der Waals surface area contributed by atoms with Gasteiger partial charge in [-0.1, -0.05) is 17.7 Å². The van der Waals surface area contributed by atoms with E-state index in [1.54, 1.807) is 12.3 Å². The molecule has 0 aromatic carbocycles. The summed E-state index contributed by atoms with van der Waals surface area (Å²) in [5, 5.41) is 3.72. The predicted octanol–water partition coefficient (Wildman–Crippen LogP) is 1.84. The topological polar surface area (TPSA) is 51.2 Å². The number of nitrogens with zero attached hydrogens (tertiary/aromatic N) is 1. The lowest BCUT2D eigenvalue weighted by Gasteiger charge is -2.05. The SMILES string of the molecule is O=C1OCC(Cc2ccc(Cl)nc2)=C1NC1CC1. The second-order valence-electron chi connectivity index (χ2n) is 4.64. The maximum Gasteiger partial charge on any atom is 0.354 e. The predicted molar refractivity (Wildman–Crippen MR) is 67.1 cm³/mol. The first-order valence-corrected chi connectivity index (χ1v) is 6.36. The lowest BCUT2D eigenvalue weighted by Crippen LogP contribution is -2.21. The van der Waals surface area contributed by atoms with Gasteiger partial charge >= 0.3 is 5.97 Å². The van der Waals surface area contributed by atoms with Crippen molar-refractivity contribution >= 4 is 17.6 Å². The number of nitrogens with one attached hydrogen (secondary N) is 1. The van der Waals surface area contributed by atoms with Crippen LogP contribution in [0.3, 0.4) is 0 Å². The van der Waals surface area contributed by atoms with E-state index in [1.165, 1.54) is 0 Å². The third-order valence-electron chi connectivity index (χ3n) is 3.07. The highest BCUT2D eigenvalue weighted by Gasteiger charge is 2.30. The molecular weight excluding hydrogens is 252 g/mol. The van der Waals surface area contributed by atoms with Gasteiger partial charge in [-0.2, -0.15) is 0 Å². The third kappa shape index (κ3) is 2.48. The molecule has 18 heavy (non-hydrogen) atoms. The molecule has 1 fully saturated rings. The largest absolute Gasteiger partial charge is 0.456 e. The number of halogens is 1. The highest BCUT2D eigenvalue weighted by atomic mass is 35.5. The lowest BCUT2D eigenvalue weighted by molar-refractivity contribution is -0.136. The number of carbonyl (C=O) groups excluding carboxylic acids is 1. The standard InChI is InChI=1S/C13H13ClN2O2/c14-11-4-1-8(6-15-11)5-9-7-18-13(17)12(9)16-10-2-3-10/h1,4,6,10,16H,2-3,5,7H2. The fraction of sp³-hybridized carbons (Fsp3) is 0.385. The molecule has 0 amide bonds. The van der Waals surface area contributed by atoms with Crippen LogP contribution in [-0.2, 0) is 16.0 Å². The van der Waals surface area contributed by atoms with Crippen LogP contribution in [0.5, 0.6) is 0 Å². The highest BCUT2D eigenvalue weighted by molar-refractivity contribution is 6.29. The second-order valence-corrected chi connectivity index (χ2v) is 5.03. The molecule has 0 bridgehead atoms. The van der Waals surface area contributed by atoms with Crippen LogP contribution in [0.25, 0.3) is 0 Å². The fourth-order valence-electron chi connectivity index (χ4n) is 1.93. The van der Waals surface area contributed by atoms with E-state index in [-0.39, 0.29) is 5.97 Å². The molecule has 1 saturated carbocycles. The molecule has 0 radical (unpaired) electrons. The maximum absolute atomic E-state index is 11.6. The van der Waals surface area contributed by atoms with Crippen molar-refractivity contribution in [1.29, 1.82) is 0 Å². The van der Waals surface area contributed by atoms with Crippen molar-refractivity contribution in [2.24, 2.45) is 0 Å². The van der Waals surface area contributed by atoms with Crippen molar-refractivity contribution in [3.8, 4) is 0 Å². The molecule has 1 N–H and O–H groups in total. The summed E-state index contributed by atoms with van der Waals surface area (Å²) >= 11 is 5.74. The first kappa shape index (κ1) is 11.5. The summed E-state index contributed by atoms with van der Waals surface area (Å²) in [6.45, 7) is 0.372. The third-order valence-corrected chi connectivity index (χ3v) is 3.29. The minimum atomic E-state index is -0.237. The van der Waals surface area contributed by atoms with Crippen molar-refractivity contribution in [3.63, 3.8) is 0 Å². The number of hydrogen-bond donors (Lipinski definition) is 1. The summed E-state index contributed by atoms with van der Waals surface area (Å²) in [4.78, 5) is 15.6. The number of carbonyl (C=O) groups is 1. The van der Waals surface area contributed by atoms with Gasteiger partial charge in [0.1, 0.15) is 17.5 Å². The Balaban J connectivity index is 1.78. The van der Waals surface area contributed by atoms with Gasteiger partial charge in [-0.3, -0.25) is 0 Å². The summed E-state index contributed by atoms with van der Waals surface area (Å²) in [5.41, 5.74) is 2.67. The van der Waals surface area contributed by atoms with Gasteiger partial charge in [0.25, 0.3) is 0 Å². The number of cyclic esters (lactones) is 1. The Morgan fingerprint density at radius 3 is 2.94 bits per heavy atom. The Bertz CT molecular complexity index is 506. The van der Waals surface area contributed by atoms with Crippen LogP contribution in [-0.4, -0.2) is 23.6 Å². The zero-order chi connectivity index (χ0) is 12.5. The van der Waals surface area contributed by atoms with E-state index in [0.29, 0.717) is 29.9 Å². The number of rotatable bonds is 4. The smallest absolute Gasteiger partial charge is 0.354 e. The van der Waals surface area contributed by atoms with Crippen LogP contribution in [0.2, 0.25) is 5.15 Å². The summed E-state index contributed by atoms with van der Waals surface area (Å²) in [7, 11) is 0. The molecule has 1 aromatic heterocycles. The van der Waals surface area contributed by atoms with Gasteiger partial charge in [-0.15, -0.1) is 0 Å². The maximum atomic E-state index is 11.6. The van der Waals surface area contributed by atoms with E-state index in [4.69, 9.17) is 16.3 Å². The number of hydrogen-bond acceptors (Lipinski definition) is 4. The average Bonchev–Trinajstić information content (AvgIpc) is 3.12. The summed E-state index contributed by atoms with van der Waals surface area (Å²) in [6.07, 6.45) is 4.66. The van der Waals surface area contributed by atoms with Gasteiger partial charge < -0.3 is 10.1 Å². The minimum Gasteiger partial charge on any atom is -0.456 e. The average molecular weight is 265 g/mol. The van der Waals surface area contributed by atoms with Crippen LogP contribution >= 0.6 is 11.6 Å². The minimum absolute atomic E-state index is 0.237. The monoisotopic (exact) mass is 264 g/mol. The van der Waals surface area contributed by atoms with E-state index >= 15 is 0 Å². The summed E-state index contributed by atoms with van der Waals surface area (Å²) in [5.74, 6) is -0.237. The summed E-state index contributed by atoms with van der Waals surface area (Å²) < 4.78 is 5.08. The Hall–Kier alpha value is -1.55. The summed E-state index contributed by atoms with van der Waals surface area (Å²) in [6, 6.07) is 4.12. The molecule has 4 nitrogen and oxygen atoms in total. The molecule has 0 spiro atoms. The van der Waals surface area contributed by atoms with Crippen molar-refractivity contribution in [3.05, 3.63) is 40.3 Å². The molecule has 2 heterocycles. The molecule has 1 aromatic rings. The van der Waals surface area contributed by atoms with Gasteiger partial charge in [0.2, 0.25) is 0 Å². The van der Waals surface area contributed by atoms with Crippen LogP contribution < -0.4 is 5.32 Å². The van der Waals surface area contributed by atoms with E-state index in [1.807, 2.05) is 6.07 Å². The molecular formula is C13H13ClN2O2. The molecule has 1 aliphatic heterocycles. The van der Waals surface area contributed by atoms with Gasteiger partial charge in [0.15, 0.2) is 0 Å². The molecule has 0 saturated heterocycles. The van der Waals surface area contributed by atoms with Crippen LogP contribution in [0.15, 0.2) is 29.6 Å². The van der Waals surface area contributed by atoms with Crippen molar-refractivity contribution in [2.75, 3.05) is 6.61 Å². The first-order chi connectivity index (χ1) is 8.72. The molecule has 94 valence electrons. The first-order valence-electron chi connectivity index (χ1n) is 5.98. The Morgan fingerprint density at radius 1 is 1.44 bits per heavy atom. The fourth-order valence-corrected chi connectivity index (χ4v) is 2.04. The van der Waals surface area contributed by atoms with Crippen LogP contribution in [0, 0.1) is 0 Å². The van der Waals surface area contributed by atoms with E-state index in [9.17, 15) is 4.79 Å². The Morgan fingerprint density at radius 2 is 2.28 bits per heavy atom. The Kier molecular flexibility index (Phi) is 2.96. The van der Waals surface area contributed by atoms with Gasteiger partial charge in [0, 0.05) is 24.2 Å². The van der Waals surface area contributed by atoms with Gasteiger partial charge in [-0.25, -0.2) is 9.78 Å². The zero-order valence-electron chi connectivity index (χ0n) is 9.78. The van der Waals surface area contributed by atoms with E-state index < -0.39 is 0 Å². The number of pyridine rings is 1. The number of esters is 1. The van der Waals surface area contributed by atoms with Gasteiger partial charge in [0.05, 0.1) is 0 Å².